The summed E-state index contributed by atoms with van der Waals surface area (Å²) in [7, 11) is 1.74. The van der Waals surface area contributed by atoms with E-state index in [0.717, 1.165) is 25.9 Å². The van der Waals surface area contributed by atoms with Gasteiger partial charge in [-0.05, 0) is 33.6 Å². The normalized spacial score (nSPS) is 22.1. The van der Waals surface area contributed by atoms with Crippen molar-refractivity contribution >= 4 is 5.97 Å². The van der Waals surface area contributed by atoms with E-state index in [2.05, 4.69) is 10.2 Å². The van der Waals surface area contributed by atoms with Crippen LogP contribution in [-0.4, -0.2) is 60.4 Å². The maximum atomic E-state index is 11.4. The van der Waals surface area contributed by atoms with Crippen molar-refractivity contribution in [3.05, 3.63) is 0 Å². The van der Waals surface area contributed by atoms with Gasteiger partial charge in [0.15, 0.2) is 0 Å². The van der Waals surface area contributed by atoms with E-state index in [1.807, 2.05) is 13.8 Å². The quantitative estimate of drug-likeness (QED) is 0.742. The van der Waals surface area contributed by atoms with Crippen LogP contribution in [-0.2, 0) is 9.53 Å². The van der Waals surface area contributed by atoms with E-state index in [0.29, 0.717) is 12.6 Å². The number of nitrogens with one attached hydrogen (secondary N) is 1. The molecule has 1 heterocycles. The van der Waals surface area contributed by atoms with Crippen LogP contribution < -0.4 is 5.32 Å². The summed E-state index contributed by atoms with van der Waals surface area (Å²) in [5.41, 5.74) is -0.881. The van der Waals surface area contributed by atoms with E-state index in [4.69, 9.17) is 4.74 Å². The highest BCUT2D eigenvalue weighted by atomic mass is 16.5. The van der Waals surface area contributed by atoms with E-state index in [9.17, 15) is 9.90 Å². The average molecular weight is 258 g/mol. The maximum Gasteiger partial charge on any atom is 0.324 e. The Labute approximate surface area is 109 Å². The molecule has 0 aromatic carbocycles. The van der Waals surface area contributed by atoms with E-state index in [1.165, 1.54) is 0 Å². The molecule has 1 saturated heterocycles. The van der Waals surface area contributed by atoms with Crippen molar-refractivity contribution in [2.75, 3.05) is 26.7 Å². The topological polar surface area (TPSA) is 61.8 Å². The molecule has 0 spiro atoms. The summed E-state index contributed by atoms with van der Waals surface area (Å²) >= 11 is 0. The minimum atomic E-state index is -0.881. The molecule has 0 aromatic heterocycles. The van der Waals surface area contributed by atoms with Crippen LogP contribution in [0, 0.1) is 0 Å². The molecule has 1 aliphatic heterocycles. The first-order valence-corrected chi connectivity index (χ1v) is 6.63. The first-order valence-electron chi connectivity index (χ1n) is 6.63. The van der Waals surface area contributed by atoms with Gasteiger partial charge >= 0.3 is 5.97 Å². The van der Waals surface area contributed by atoms with Crippen LogP contribution in [0.1, 0.15) is 33.6 Å². The van der Waals surface area contributed by atoms with E-state index >= 15 is 0 Å². The molecule has 1 unspecified atom stereocenters. The van der Waals surface area contributed by atoms with Crippen LogP contribution in [0.4, 0.5) is 0 Å². The molecule has 0 aliphatic carbocycles. The van der Waals surface area contributed by atoms with Gasteiger partial charge in [-0.1, -0.05) is 0 Å². The second-order valence-corrected chi connectivity index (χ2v) is 5.65. The molecule has 0 saturated carbocycles. The molecule has 1 fully saturated rings. The predicted octanol–water partition coefficient (Wildman–Crippen LogP) is 0.939. The minimum absolute atomic E-state index is 0.155. The van der Waals surface area contributed by atoms with Crippen LogP contribution in [0.5, 0.6) is 0 Å². The van der Waals surface area contributed by atoms with Crippen molar-refractivity contribution in [2.24, 2.45) is 0 Å². The van der Waals surface area contributed by atoms with Gasteiger partial charge in [0.25, 0.3) is 0 Å². The van der Waals surface area contributed by atoms with Gasteiger partial charge in [0.2, 0.25) is 0 Å². The van der Waals surface area contributed by atoms with E-state index < -0.39 is 11.5 Å². The number of hydrogen-bond donors (Lipinski definition) is 2. The molecule has 5 heteroatoms. The fraction of sp³-hybridized carbons (Fsp3) is 0.923. The Morgan fingerprint density at radius 3 is 2.44 bits per heavy atom. The molecule has 5 nitrogen and oxygen atoms in total. The lowest BCUT2D eigenvalue weighted by atomic mass is 9.98. The zero-order chi connectivity index (χ0) is 13.8. The summed E-state index contributed by atoms with van der Waals surface area (Å²) in [6.45, 7) is 8.05. The lowest BCUT2D eigenvalue weighted by molar-refractivity contribution is -0.145. The number of ether oxygens (including phenoxy) is 1. The Morgan fingerprint density at radius 2 is 2.06 bits per heavy atom. The zero-order valence-electron chi connectivity index (χ0n) is 11.9. The molecule has 0 bridgehead atoms. The number of nitrogens with zero attached hydrogens (tertiary/aromatic N) is 1. The number of aliphatic carboxylic acids is 1. The molecular formula is C13H26N2O3. The number of rotatable bonds is 6. The minimum Gasteiger partial charge on any atom is -0.480 e. The summed E-state index contributed by atoms with van der Waals surface area (Å²) in [5, 5.41) is 12.6. The van der Waals surface area contributed by atoms with Crippen LogP contribution in [0.15, 0.2) is 0 Å². The van der Waals surface area contributed by atoms with Crippen molar-refractivity contribution in [1.82, 2.24) is 10.2 Å². The van der Waals surface area contributed by atoms with Gasteiger partial charge < -0.3 is 14.7 Å². The third kappa shape index (κ3) is 4.23. The van der Waals surface area contributed by atoms with E-state index in [-0.39, 0.29) is 6.04 Å². The van der Waals surface area contributed by atoms with E-state index in [1.54, 1.807) is 14.0 Å². The Balaban J connectivity index is 2.54. The fourth-order valence-corrected chi connectivity index (χ4v) is 2.56. The first kappa shape index (κ1) is 15.4. The lowest BCUT2D eigenvalue weighted by Gasteiger charge is -2.38. The third-order valence-corrected chi connectivity index (χ3v) is 3.49. The zero-order valence-corrected chi connectivity index (χ0v) is 11.9. The first-order chi connectivity index (χ1) is 8.37. The van der Waals surface area contributed by atoms with Crippen LogP contribution >= 0.6 is 0 Å². The summed E-state index contributed by atoms with van der Waals surface area (Å²) in [6.07, 6.45) is 2.29. The smallest absolute Gasteiger partial charge is 0.324 e. The number of carboxylic acids is 1. The van der Waals surface area contributed by atoms with Crippen LogP contribution in [0.2, 0.25) is 0 Å². The monoisotopic (exact) mass is 258 g/mol. The Morgan fingerprint density at radius 1 is 1.50 bits per heavy atom. The average Bonchev–Trinajstić information content (AvgIpc) is 2.28. The van der Waals surface area contributed by atoms with Crippen molar-refractivity contribution in [3.8, 4) is 0 Å². The highest BCUT2D eigenvalue weighted by Crippen LogP contribution is 2.16. The summed E-state index contributed by atoms with van der Waals surface area (Å²) in [4.78, 5) is 13.6. The molecule has 18 heavy (non-hydrogen) atoms. The van der Waals surface area contributed by atoms with Crippen molar-refractivity contribution < 1.29 is 14.6 Å². The number of piperidine rings is 1. The summed E-state index contributed by atoms with van der Waals surface area (Å²) in [5.74, 6) is -0.787. The van der Waals surface area contributed by atoms with Crippen molar-refractivity contribution in [2.45, 2.75) is 51.3 Å². The number of likely N-dealkylation sites (tertiary alicyclic amines) is 1. The highest BCUT2D eigenvalue weighted by Gasteiger charge is 2.36. The van der Waals surface area contributed by atoms with Gasteiger partial charge in [-0.2, -0.15) is 0 Å². The van der Waals surface area contributed by atoms with Crippen LogP contribution in [0.3, 0.4) is 0 Å². The van der Waals surface area contributed by atoms with Gasteiger partial charge in [0.05, 0.1) is 6.10 Å². The van der Waals surface area contributed by atoms with Gasteiger partial charge in [0.1, 0.15) is 5.54 Å². The highest BCUT2D eigenvalue weighted by molar-refractivity contribution is 5.78. The Hall–Kier alpha value is -0.650. The second-order valence-electron chi connectivity index (χ2n) is 5.65. The van der Waals surface area contributed by atoms with Crippen molar-refractivity contribution in [3.63, 3.8) is 0 Å². The number of hydrogen-bond acceptors (Lipinski definition) is 4. The number of methoxy groups -OCH3 is 1. The molecule has 1 atom stereocenters. The third-order valence-electron chi connectivity index (χ3n) is 3.49. The Kier molecular flexibility index (Phi) is 5.56. The molecule has 1 aliphatic rings. The molecular weight excluding hydrogens is 232 g/mol. The molecule has 0 aromatic rings. The summed E-state index contributed by atoms with van der Waals surface area (Å²) < 4.78 is 5.32. The molecule has 106 valence electrons. The maximum absolute atomic E-state index is 11.4. The molecule has 0 radical (unpaired) electrons. The molecule has 1 rings (SSSR count). The van der Waals surface area contributed by atoms with Crippen molar-refractivity contribution in [1.29, 1.82) is 0 Å². The van der Waals surface area contributed by atoms with Gasteiger partial charge in [0, 0.05) is 32.8 Å². The Bertz CT molecular complexity index is 275. The predicted molar refractivity (Wildman–Crippen MR) is 70.8 cm³/mol. The second kappa shape index (κ2) is 6.50. The van der Waals surface area contributed by atoms with Gasteiger partial charge in [-0.15, -0.1) is 0 Å². The largest absolute Gasteiger partial charge is 0.480 e. The SMILES string of the molecule is COC1CCN(CC(C)(NC(C)C)C(=O)O)CC1. The number of carbonyl (C=O) groups is 1. The molecule has 0 amide bonds. The van der Waals surface area contributed by atoms with Gasteiger partial charge in [-0.25, -0.2) is 0 Å². The number of carboxylic acid groups (broad SMARTS) is 1. The standard InChI is InChI=1S/C13H26N2O3/c1-10(2)14-13(3,12(16)17)9-15-7-5-11(18-4)6-8-15/h10-11,14H,5-9H2,1-4H3,(H,16,17). The van der Waals surface area contributed by atoms with Gasteiger partial charge in [-0.3, -0.25) is 10.1 Å². The fourth-order valence-electron chi connectivity index (χ4n) is 2.56. The lowest BCUT2D eigenvalue weighted by Crippen LogP contribution is -2.59. The van der Waals surface area contributed by atoms with Crippen LogP contribution in [0.25, 0.3) is 0 Å². The summed E-state index contributed by atoms with van der Waals surface area (Å²) in [6, 6.07) is 0.155. The molecule has 2 N–H and O–H groups in total.